The van der Waals surface area contributed by atoms with Crippen LogP contribution in [0.4, 0.5) is 11.4 Å². The fraction of sp³-hybridized carbons (Fsp3) is 0.417. The lowest BCUT2D eigenvalue weighted by molar-refractivity contribution is -0.125. The molecule has 9 nitrogen and oxygen atoms in total. The second-order valence-corrected chi connectivity index (χ2v) is 10.6. The molecule has 182 valence electrons. The van der Waals surface area contributed by atoms with Crippen molar-refractivity contribution in [3.8, 4) is 0 Å². The molecule has 0 saturated carbocycles. The zero-order valence-corrected chi connectivity index (χ0v) is 20.5. The number of nitrogens with one attached hydrogen (secondary N) is 1. The van der Waals surface area contributed by atoms with Crippen LogP contribution in [0.1, 0.15) is 18.1 Å². The fourth-order valence-corrected chi connectivity index (χ4v) is 5.80. The number of sulfonamides is 1. The molecule has 0 spiro atoms. The average molecular weight is 487 g/mol. The Balaban J connectivity index is 1.50. The van der Waals surface area contributed by atoms with Crippen LogP contribution in [-0.4, -0.2) is 71.0 Å². The van der Waals surface area contributed by atoms with Crippen LogP contribution in [0, 0.1) is 0 Å². The van der Waals surface area contributed by atoms with Gasteiger partial charge in [0.25, 0.3) is 0 Å². The molecular formula is C24H30N4O5S. The monoisotopic (exact) mass is 486 g/mol. The van der Waals surface area contributed by atoms with E-state index >= 15 is 0 Å². The summed E-state index contributed by atoms with van der Waals surface area (Å²) in [5, 5.41) is 2.92. The van der Waals surface area contributed by atoms with E-state index in [2.05, 4.69) is 5.32 Å². The highest BCUT2D eigenvalue weighted by molar-refractivity contribution is 7.89. The third kappa shape index (κ3) is 4.79. The van der Waals surface area contributed by atoms with Crippen LogP contribution >= 0.6 is 0 Å². The van der Waals surface area contributed by atoms with Crippen molar-refractivity contribution >= 4 is 33.2 Å². The van der Waals surface area contributed by atoms with Crippen molar-refractivity contribution in [2.24, 2.45) is 0 Å². The fourth-order valence-electron chi connectivity index (χ4n) is 4.34. The lowest BCUT2D eigenvalue weighted by Gasteiger charge is -2.26. The second kappa shape index (κ2) is 9.73. The molecule has 34 heavy (non-hydrogen) atoms. The van der Waals surface area contributed by atoms with Gasteiger partial charge in [0.05, 0.1) is 18.1 Å². The summed E-state index contributed by atoms with van der Waals surface area (Å²) >= 11 is 0. The number of carbonyl (C=O) groups is 2. The average Bonchev–Trinajstić information content (AvgIpc) is 3.22. The van der Waals surface area contributed by atoms with Gasteiger partial charge in [-0.05, 0) is 41.5 Å². The van der Waals surface area contributed by atoms with Gasteiger partial charge in [0.2, 0.25) is 21.8 Å². The Labute approximate surface area is 200 Å². The van der Waals surface area contributed by atoms with Gasteiger partial charge in [0.1, 0.15) is 6.04 Å². The van der Waals surface area contributed by atoms with Gasteiger partial charge >= 0.3 is 0 Å². The zero-order chi connectivity index (χ0) is 24.5. The first-order valence-electron chi connectivity index (χ1n) is 11.2. The molecule has 0 aliphatic carbocycles. The summed E-state index contributed by atoms with van der Waals surface area (Å²) in [7, 11) is 0.252. The van der Waals surface area contributed by atoms with Crippen LogP contribution in [0.5, 0.6) is 0 Å². The van der Waals surface area contributed by atoms with E-state index in [-0.39, 0.29) is 23.1 Å². The standard InChI is InChI=1S/C24H30N4O5S/c1-17(29)28-22-9-8-21(34(31,32)27-10-12-33-13-11-27)14-19(22)15-23(28)24(30)25-16-18-4-6-20(7-5-18)26(2)3/h4-9,14,23H,10-13,15-16H2,1-3H3,(H,25,30)/t23-/m1/s1. The normalized spacial score (nSPS) is 18.4. The minimum atomic E-state index is -3.67. The molecule has 10 heteroatoms. The number of nitrogens with zero attached hydrogens (tertiary/aromatic N) is 3. The Morgan fingerprint density at radius 3 is 2.38 bits per heavy atom. The molecular weight excluding hydrogens is 456 g/mol. The molecule has 2 aromatic rings. The maximum absolute atomic E-state index is 13.1. The summed E-state index contributed by atoms with van der Waals surface area (Å²) in [6.07, 6.45) is 0.257. The van der Waals surface area contributed by atoms with Crippen LogP contribution in [0.25, 0.3) is 0 Å². The quantitative estimate of drug-likeness (QED) is 0.662. The Morgan fingerprint density at radius 1 is 1.09 bits per heavy atom. The van der Waals surface area contributed by atoms with Crippen LogP contribution in [-0.2, 0) is 37.3 Å². The van der Waals surface area contributed by atoms with Crippen LogP contribution < -0.4 is 15.1 Å². The number of rotatable bonds is 6. The Bertz CT molecular complexity index is 1170. The molecule has 0 unspecified atom stereocenters. The van der Waals surface area contributed by atoms with Crippen molar-refractivity contribution in [2.75, 3.05) is 50.2 Å². The van der Waals surface area contributed by atoms with Crippen LogP contribution in [0.15, 0.2) is 47.4 Å². The van der Waals surface area contributed by atoms with Crippen molar-refractivity contribution in [1.29, 1.82) is 0 Å². The summed E-state index contributed by atoms with van der Waals surface area (Å²) in [6.45, 7) is 3.08. The van der Waals surface area contributed by atoms with Crippen LogP contribution in [0.3, 0.4) is 0 Å². The van der Waals surface area contributed by atoms with Crippen molar-refractivity contribution < 1.29 is 22.7 Å². The number of anilines is 2. The first-order valence-corrected chi connectivity index (χ1v) is 12.7. The predicted octanol–water partition coefficient (Wildman–Crippen LogP) is 1.37. The van der Waals surface area contributed by atoms with Gasteiger partial charge < -0.3 is 15.0 Å². The highest BCUT2D eigenvalue weighted by Gasteiger charge is 2.38. The van der Waals surface area contributed by atoms with E-state index < -0.39 is 16.1 Å². The lowest BCUT2D eigenvalue weighted by Crippen LogP contribution is -2.47. The minimum Gasteiger partial charge on any atom is -0.379 e. The first-order chi connectivity index (χ1) is 16.2. The number of amides is 2. The second-order valence-electron chi connectivity index (χ2n) is 8.69. The van der Waals surface area contributed by atoms with Crippen LogP contribution in [0.2, 0.25) is 0 Å². The van der Waals surface area contributed by atoms with E-state index in [0.29, 0.717) is 44.1 Å². The van der Waals surface area contributed by atoms with Gasteiger partial charge in [-0.2, -0.15) is 4.31 Å². The maximum atomic E-state index is 13.1. The zero-order valence-electron chi connectivity index (χ0n) is 19.7. The third-order valence-corrected chi connectivity index (χ3v) is 8.10. The molecule has 1 fully saturated rings. The van der Waals surface area contributed by atoms with Crippen molar-refractivity contribution in [3.63, 3.8) is 0 Å². The molecule has 2 heterocycles. The number of carbonyl (C=O) groups excluding carboxylic acids is 2. The summed E-state index contributed by atoms with van der Waals surface area (Å²) in [5.74, 6) is -0.543. The SMILES string of the molecule is CC(=O)N1c2ccc(S(=O)(=O)N3CCOCC3)cc2C[C@@H]1C(=O)NCc1ccc(N(C)C)cc1. The molecule has 2 amide bonds. The van der Waals surface area contributed by atoms with Gasteiger partial charge in [-0.15, -0.1) is 0 Å². The number of hydrogen-bond donors (Lipinski definition) is 1. The highest BCUT2D eigenvalue weighted by Crippen LogP contribution is 2.35. The molecule has 1 N–H and O–H groups in total. The molecule has 2 aliphatic heterocycles. The molecule has 0 bridgehead atoms. The van der Waals surface area contributed by atoms with Crippen molar-refractivity contribution in [3.05, 3.63) is 53.6 Å². The summed E-state index contributed by atoms with van der Waals surface area (Å²) in [5.41, 5.74) is 3.25. The summed E-state index contributed by atoms with van der Waals surface area (Å²) in [6, 6.07) is 11.8. The first kappa shape index (κ1) is 24.2. The molecule has 2 aliphatic rings. The Hall–Kier alpha value is -2.95. The number of ether oxygens (including phenoxy) is 1. The van der Waals surface area contributed by atoms with Gasteiger partial charge in [0.15, 0.2) is 0 Å². The molecule has 0 aromatic heterocycles. The van der Waals surface area contributed by atoms with E-state index in [1.165, 1.54) is 22.2 Å². The van der Waals surface area contributed by atoms with Gasteiger partial charge in [-0.1, -0.05) is 12.1 Å². The Morgan fingerprint density at radius 2 is 1.76 bits per heavy atom. The van der Waals surface area contributed by atoms with Gasteiger partial charge in [-0.3, -0.25) is 14.5 Å². The number of hydrogen-bond acceptors (Lipinski definition) is 6. The molecule has 0 radical (unpaired) electrons. The van der Waals surface area contributed by atoms with E-state index in [1.807, 2.05) is 43.3 Å². The van der Waals surface area contributed by atoms with E-state index in [4.69, 9.17) is 4.74 Å². The van der Waals surface area contributed by atoms with Gasteiger partial charge in [-0.25, -0.2) is 8.42 Å². The topological polar surface area (TPSA) is 99.3 Å². The molecule has 1 saturated heterocycles. The number of benzene rings is 2. The summed E-state index contributed by atoms with van der Waals surface area (Å²) < 4.78 is 32.8. The van der Waals surface area contributed by atoms with E-state index in [9.17, 15) is 18.0 Å². The lowest BCUT2D eigenvalue weighted by atomic mass is 10.1. The highest BCUT2D eigenvalue weighted by atomic mass is 32.2. The van der Waals surface area contributed by atoms with E-state index in [1.54, 1.807) is 12.1 Å². The molecule has 4 rings (SSSR count). The van der Waals surface area contributed by atoms with Gasteiger partial charge in [0, 0.05) is 58.4 Å². The maximum Gasteiger partial charge on any atom is 0.243 e. The molecule has 1 atom stereocenters. The smallest absolute Gasteiger partial charge is 0.243 e. The largest absolute Gasteiger partial charge is 0.379 e. The molecule has 2 aromatic carbocycles. The van der Waals surface area contributed by atoms with Crippen molar-refractivity contribution in [1.82, 2.24) is 9.62 Å². The minimum absolute atomic E-state index is 0.165. The van der Waals surface area contributed by atoms with E-state index in [0.717, 1.165) is 11.3 Å². The van der Waals surface area contributed by atoms with Crippen molar-refractivity contribution in [2.45, 2.75) is 30.8 Å². The Kier molecular flexibility index (Phi) is 6.92. The summed E-state index contributed by atoms with van der Waals surface area (Å²) in [4.78, 5) is 29.1. The number of morpholine rings is 1. The third-order valence-electron chi connectivity index (χ3n) is 6.20. The predicted molar refractivity (Wildman–Crippen MR) is 129 cm³/mol. The number of fused-ring (bicyclic) bond motifs is 1.